The summed E-state index contributed by atoms with van der Waals surface area (Å²) < 4.78 is 41.5. The normalized spacial score (nSPS) is 10.9. The Bertz CT molecular complexity index is 4030. The molecule has 0 aliphatic rings. The number of benzene rings is 3. The Morgan fingerprint density at radius 1 is 0.679 bits per heavy atom. The second kappa shape index (κ2) is 26.2. The second-order valence-electron chi connectivity index (χ2n) is 18.0. The summed E-state index contributed by atoms with van der Waals surface area (Å²) in [5, 5.41) is 28.3. The molecule has 10 aromatic rings. The smallest absolute Gasteiger partial charge is 0.342 e. The van der Waals surface area contributed by atoms with Gasteiger partial charge in [0.2, 0.25) is 0 Å². The summed E-state index contributed by atoms with van der Waals surface area (Å²) in [6.45, 7) is 8.68. The number of carbonyl (C=O) groups is 4. The van der Waals surface area contributed by atoms with Crippen molar-refractivity contribution < 1.29 is 37.4 Å². The number of esters is 2. The maximum atomic E-state index is 13.6. The zero-order valence-corrected chi connectivity index (χ0v) is 46.0. The molecule has 10 rings (SSSR count). The second-order valence-corrected chi connectivity index (χ2v) is 19.3. The van der Waals surface area contributed by atoms with E-state index in [-0.39, 0.29) is 54.4 Å². The lowest BCUT2D eigenvalue weighted by Gasteiger charge is -2.11. The van der Waals surface area contributed by atoms with Crippen LogP contribution in [0.15, 0.2) is 116 Å². The van der Waals surface area contributed by atoms with Gasteiger partial charge in [-0.3, -0.25) is 38.6 Å². The number of amides is 1. The maximum absolute atomic E-state index is 13.6. The van der Waals surface area contributed by atoms with Crippen LogP contribution in [0, 0.1) is 25.2 Å². The number of aryl methyl sites for hydroxylation is 2. The first-order chi connectivity index (χ1) is 38.9. The molecule has 0 aliphatic carbocycles. The van der Waals surface area contributed by atoms with E-state index in [4.69, 9.17) is 55.3 Å². The average molecular weight is 1160 g/mol. The van der Waals surface area contributed by atoms with Gasteiger partial charge in [-0.05, 0) is 116 Å². The van der Waals surface area contributed by atoms with E-state index in [1.165, 1.54) is 28.0 Å². The highest BCUT2D eigenvalue weighted by Gasteiger charge is 2.24. The van der Waals surface area contributed by atoms with Crippen LogP contribution in [-0.4, -0.2) is 86.6 Å². The Labute approximate surface area is 476 Å². The molecule has 0 aliphatic heterocycles. The van der Waals surface area contributed by atoms with Crippen molar-refractivity contribution in [1.82, 2.24) is 54.6 Å². The Kier molecular flexibility index (Phi) is 18.7. The lowest BCUT2D eigenvalue weighted by molar-refractivity contribution is 0.0515. The summed E-state index contributed by atoms with van der Waals surface area (Å²) in [4.78, 5) is 64.5. The van der Waals surface area contributed by atoms with Crippen LogP contribution < -0.4 is 11.1 Å². The Balaban J connectivity index is 0.000000163. The number of nitrogens with one attached hydrogen (secondary N) is 1. The van der Waals surface area contributed by atoms with Crippen LogP contribution >= 0.6 is 34.8 Å². The number of halogens is 5. The highest BCUT2D eigenvalue weighted by molar-refractivity contribution is 6.31. The van der Waals surface area contributed by atoms with Gasteiger partial charge in [0.1, 0.15) is 34.4 Å². The third-order valence-corrected chi connectivity index (χ3v) is 12.8. The molecule has 412 valence electrons. The summed E-state index contributed by atoms with van der Waals surface area (Å²) in [6, 6.07) is 26.1. The molecule has 24 heteroatoms. The van der Waals surface area contributed by atoms with E-state index in [0.717, 1.165) is 60.5 Å². The van der Waals surface area contributed by atoms with Gasteiger partial charge in [-0.15, -0.1) is 0 Å². The number of aldehydes is 1. The quantitative estimate of drug-likeness (QED) is 0.0715. The van der Waals surface area contributed by atoms with Crippen LogP contribution in [0.5, 0.6) is 0 Å². The van der Waals surface area contributed by atoms with Gasteiger partial charge in [0, 0.05) is 65.6 Å². The Hall–Kier alpha value is -9.23. The van der Waals surface area contributed by atoms with Crippen molar-refractivity contribution in [3.63, 3.8) is 0 Å². The first kappa shape index (κ1) is 57.9. The largest absolute Gasteiger partial charge is 0.462 e. The van der Waals surface area contributed by atoms with Crippen LogP contribution in [0.3, 0.4) is 0 Å². The van der Waals surface area contributed by atoms with Gasteiger partial charge in [-0.1, -0.05) is 53.0 Å². The predicted octanol–water partition coefficient (Wildman–Crippen LogP) is 10.9. The number of nitrogen functional groups attached to an aromatic ring is 1. The fourth-order valence-corrected chi connectivity index (χ4v) is 9.00. The van der Waals surface area contributed by atoms with E-state index in [9.17, 15) is 28.0 Å². The van der Waals surface area contributed by atoms with Gasteiger partial charge >= 0.3 is 11.9 Å². The number of nitrogens with zero attached hydrogens (tertiary/aromatic N) is 11. The van der Waals surface area contributed by atoms with E-state index in [2.05, 4.69) is 40.5 Å². The molecule has 0 atom stereocenters. The van der Waals surface area contributed by atoms with Gasteiger partial charge in [0.25, 0.3) is 12.3 Å². The lowest BCUT2D eigenvalue weighted by Crippen LogP contribution is -2.24. The minimum atomic E-state index is -2.90. The van der Waals surface area contributed by atoms with Crippen LogP contribution in [-0.2, 0) is 35.7 Å². The average Bonchev–Trinajstić information content (AvgIpc) is 4.29. The molecule has 0 unspecified atom stereocenters. The molecule has 0 fully saturated rings. The first-order valence-corrected chi connectivity index (χ1v) is 25.9. The highest BCUT2D eigenvalue weighted by atomic mass is 35.5. The number of hydrogen-bond acceptors (Lipinski definition) is 15. The SMILES string of the molecule is CCOC(=O)c1cn(Cc2ccc3ncc(Cl)cc3c2)nc1C#N.CCOC(=O)c1cn(Cc2ccc3ncc(Cl)cc3c2)nc1C=O.Cc1cc(N)nc(C)c1CNC(=O)c1cn(Cc2ccc3ncc(Cl)cc3c2)nc1C(F)F. The van der Waals surface area contributed by atoms with Gasteiger partial charge in [-0.2, -0.15) is 20.6 Å². The predicted molar refractivity (Wildman–Crippen MR) is 301 cm³/mol. The minimum absolute atomic E-state index is 0.0546. The third kappa shape index (κ3) is 14.5. The molecule has 0 bridgehead atoms. The fraction of sp³-hybridized carbons (Fsp3) is 0.193. The standard InChI is InChI=1S/C23H21ClF2N6O.C17H13ClN4O2.C17H14ClN3O3/c1-12-5-20(27)30-13(2)17(12)9-29-23(33)18-11-32(31-21(18)22(25)26)10-14-3-4-19-15(6-14)7-16(24)8-28-19;1-2-24-17(23)14-10-22(21-16(14)7-19)9-11-3-4-15-12(5-11)6-13(18)8-20-15;1-2-24-17(23)14-9-21(20-16(14)10-22)8-11-3-4-15-12(5-11)6-13(18)7-19-15/h3-8,11,22H,9-10H2,1-2H3,(H2,27,30)(H,29,33);3-6,8,10H,2,9H2,1H3;3-7,9-10H,2,8H2,1H3. The number of alkyl halides is 2. The molecule has 0 saturated heterocycles. The van der Waals surface area contributed by atoms with Gasteiger partial charge in [-0.25, -0.2) is 23.4 Å². The van der Waals surface area contributed by atoms with Crippen molar-refractivity contribution in [2.24, 2.45) is 0 Å². The number of rotatable bonds is 15. The van der Waals surface area contributed by atoms with Crippen molar-refractivity contribution in [3.05, 3.63) is 198 Å². The summed E-state index contributed by atoms with van der Waals surface area (Å²) in [5.74, 6) is -1.36. The zero-order valence-electron chi connectivity index (χ0n) is 43.7. The Morgan fingerprint density at radius 3 is 1.59 bits per heavy atom. The molecule has 19 nitrogen and oxygen atoms in total. The number of hydrogen-bond donors (Lipinski definition) is 2. The summed E-state index contributed by atoms with van der Waals surface area (Å²) in [6.07, 6.45) is 6.78. The Morgan fingerprint density at radius 2 is 1.14 bits per heavy atom. The molecule has 1 amide bonds. The zero-order chi connectivity index (χ0) is 57.9. The van der Waals surface area contributed by atoms with Gasteiger partial charge < -0.3 is 20.5 Å². The molecular weight excluding hydrogens is 1110 g/mol. The molecule has 3 aromatic carbocycles. The number of ether oxygens (including phenoxy) is 2. The first-order valence-electron chi connectivity index (χ1n) is 24.8. The highest BCUT2D eigenvalue weighted by Crippen LogP contribution is 2.25. The summed E-state index contributed by atoms with van der Waals surface area (Å²) in [5.41, 5.74) is 12.9. The molecule has 0 saturated carbocycles. The van der Waals surface area contributed by atoms with Crippen LogP contribution in [0.4, 0.5) is 14.6 Å². The molecule has 3 N–H and O–H groups in total. The number of nitrogens with two attached hydrogens (primary N) is 1. The van der Waals surface area contributed by atoms with E-state index in [0.29, 0.717) is 46.0 Å². The summed E-state index contributed by atoms with van der Waals surface area (Å²) in [7, 11) is 0. The number of fused-ring (bicyclic) bond motifs is 3. The van der Waals surface area contributed by atoms with Gasteiger partial charge in [0.05, 0.1) is 70.0 Å². The monoisotopic (exact) mass is 1150 g/mol. The van der Waals surface area contributed by atoms with Crippen LogP contribution in [0.2, 0.25) is 15.1 Å². The van der Waals surface area contributed by atoms with E-state index < -0.39 is 30.0 Å². The van der Waals surface area contributed by atoms with Crippen molar-refractivity contribution in [3.8, 4) is 6.07 Å². The van der Waals surface area contributed by atoms with Crippen molar-refractivity contribution in [2.75, 3.05) is 18.9 Å². The molecule has 7 aromatic heterocycles. The number of anilines is 1. The summed E-state index contributed by atoms with van der Waals surface area (Å²) >= 11 is 17.9. The lowest BCUT2D eigenvalue weighted by atomic mass is 10.1. The van der Waals surface area contributed by atoms with Gasteiger partial charge in [0.15, 0.2) is 12.0 Å². The van der Waals surface area contributed by atoms with Crippen molar-refractivity contribution in [1.29, 1.82) is 5.26 Å². The van der Waals surface area contributed by atoms with Crippen LogP contribution in [0.25, 0.3) is 32.7 Å². The number of nitriles is 1. The molecule has 0 radical (unpaired) electrons. The topological polar surface area (TPSA) is 254 Å². The third-order valence-electron chi connectivity index (χ3n) is 12.2. The van der Waals surface area contributed by atoms with E-state index in [1.54, 1.807) is 56.2 Å². The maximum Gasteiger partial charge on any atom is 0.342 e. The molecule has 81 heavy (non-hydrogen) atoms. The van der Waals surface area contributed by atoms with E-state index >= 15 is 0 Å². The number of pyridine rings is 4. The van der Waals surface area contributed by atoms with Crippen molar-refractivity contribution in [2.45, 2.75) is 60.3 Å². The number of carbonyl (C=O) groups excluding carboxylic acids is 4. The molecule has 7 heterocycles. The number of aromatic nitrogens is 10. The van der Waals surface area contributed by atoms with Crippen molar-refractivity contribution >= 4 is 97.5 Å². The van der Waals surface area contributed by atoms with E-state index in [1.807, 2.05) is 79.7 Å². The van der Waals surface area contributed by atoms with Crippen LogP contribution in [0.1, 0.15) is 107 Å². The molecule has 0 spiro atoms. The molecular formula is C57H48Cl3F2N13O6. The minimum Gasteiger partial charge on any atom is -0.462 e. The fourth-order valence-electron chi connectivity index (χ4n) is 8.50.